The highest BCUT2D eigenvalue weighted by Gasteiger charge is 2.30. The lowest BCUT2D eigenvalue weighted by Crippen LogP contribution is -2.48. The number of hydrogen-bond donors (Lipinski definition) is 0. The Bertz CT molecular complexity index is 1190. The van der Waals surface area contributed by atoms with Crippen LogP contribution in [0.1, 0.15) is 34.0 Å². The molecule has 4 nitrogen and oxygen atoms in total. The number of thiophene rings is 1. The molecule has 2 aromatic heterocycles. The van der Waals surface area contributed by atoms with Gasteiger partial charge in [-0.25, -0.2) is 4.98 Å². The molecule has 162 valence electrons. The highest BCUT2D eigenvalue weighted by Crippen LogP contribution is 2.41. The lowest BCUT2D eigenvalue weighted by molar-refractivity contribution is 0.212. The Morgan fingerprint density at radius 2 is 1.47 bits per heavy atom. The maximum absolute atomic E-state index is 6.35. The molecule has 0 amide bonds. The van der Waals surface area contributed by atoms with Gasteiger partial charge in [-0.15, -0.1) is 11.3 Å². The first-order valence-electron chi connectivity index (χ1n) is 11.3. The van der Waals surface area contributed by atoms with Gasteiger partial charge in [0.1, 0.15) is 10.6 Å². The van der Waals surface area contributed by atoms with Gasteiger partial charge in [0.05, 0.1) is 11.4 Å². The third-order valence-corrected chi connectivity index (χ3v) is 8.08. The number of fused-ring (bicyclic) bond motifs is 3. The third-order valence-electron chi connectivity index (χ3n) is 6.73. The van der Waals surface area contributed by atoms with E-state index < -0.39 is 0 Å². The van der Waals surface area contributed by atoms with E-state index >= 15 is 0 Å². The summed E-state index contributed by atoms with van der Waals surface area (Å²) in [5, 5.41) is 1.62. The van der Waals surface area contributed by atoms with Crippen LogP contribution in [0.15, 0.2) is 60.7 Å². The molecule has 6 rings (SSSR count). The molecule has 0 atom stereocenters. The molecule has 0 bridgehead atoms. The zero-order chi connectivity index (χ0) is 21.5. The minimum atomic E-state index is 0.263. The van der Waals surface area contributed by atoms with Gasteiger partial charge in [0.25, 0.3) is 0 Å². The molecule has 1 aliphatic heterocycles. The second kappa shape index (κ2) is 8.47. The van der Waals surface area contributed by atoms with Crippen LogP contribution in [0.5, 0.6) is 0 Å². The summed E-state index contributed by atoms with van der Waals surface area (Å²) in [7, 11) is 0. The molecule has 0 N–H and O–H groups in total. The van der Waals surface area contributed by atoms with Crippen LogP contribution >= 0.6 is 22.9 Å². The van der Waals surface area contributed by atoms with Crippen LogP contribution in [-0.4, -0.2) is 41.0 Å². The topological polar surface area (TPSA) is 32.3 Å². The van der Waals surface area contributed by atoms with E-state index in [0.717, 1.165) is 49.7 Å². The minimum Gasteiger partial charge on any atom is -0.353 e. The molecule has 0 saturated carbocycles. The van der Waals surface area contributed by atoms with Crippen molar-refractivity contribution in [3.8, 4) is 0 Å². The van der Waals surface area contributed by atoms with Crippen LogP contribution in [-0.2, 0) is 12.8 Å². The van der Waals surface area contributed by atoms with Gasteiger partial charge in [0.2, 0.25) is 5.28 Å². The van der Waals surface area contributed by atoms with Gasteiger partial charge in [-0.2, -0.15) is 4.98 Å². The van der Waals surface area contributed by atoms with Gasteiger partial charge in [-0.1, -0.05) is 60.7 Å². The zero-order valence-corrected chi connectivity index (χ0v) is 19.4. The smallest absolute Gasteiger partial charge is 0.225 e. The molecule has 32 heavy (non-hydrogen) atoms. The number of hydrogen-bond acceptors (Lipinski definition) is 5. The van der Waals surface area contributed by atoms with Gasteiger partial charge in [-0.3, -0.25) is 4.90 Å². The Labute approximate surface area is 197 Å². The second-order valence-corrected chi connectivity index (χ2v) is 10.0. The van der Waals surface area contributed by atoms with Crippen molar-refractivity contribution in [3.63, 3.8) is 0 Å². The number of aromatic nitrogens is 2. The summed E-state index contributed by atoms with van der Waals surface area (Å²) in [5.41, 5.74) is 4.15. The molecule has 0 spiro atoms. The first-order valence-corrected chi connectivity index (χ1v) is 12.5. The Morgan fingerprint density at radius 3 is 2.12 bits per heavy atom. The number of nitrogens with zero attached hydrogens (tertiary/aromatic N) is 4. The van der Waals surface area contributed by atoms with Crippen LogP contribution in [0.3, 0.4) is 0 Å². The molecular weight excluding hydrogens is 436 g/mol. The monoisotopic (exact) mass is 460 g/mol. The molecule has 6 heteroatoms. The fraction of sp³-hybridized carbons (Fsp3) is 0.308. The first kappa shape index (κ1) is 20.2. The molecule has 2 aliphatic rings. The Kier molecular flexibility index (Phi) is 5.34. The van der Waals surface area contributed by atoms with Gasteiger partial charge < -0.3 is 4.90 Å². The van der Waals surface area contributed by atoms with Crippen molar-refractivity contribution in [1.82, 2.24) is 14.9 Å². The predicted molar refractivity (Wildman–Crippen MR) is 133 cm³/mol. The van der Waals surface area contributed by atoms with Crippen LogP contribution in [0.2, 0.25) is 5.28 Å². The number of anilines is 1. The second-order valence-electron chi connectivity index (χ2n) is 8.60. The van der Waals surface area contributed by atoms with Gasteiger partial charge in [0, 0.05) is 31.1 Å². The fourth-order valence-electron chi connectivity index (χ4n) is 5.26. The summed E-state index contributed by atoms with van der Waals surface area (Å²) >= 11 is 8.16. The van der Waals surface area contributed by atoms with E-state index in [1.165, 1.54) is 33.4 Å². The fourth-order valence-corrected chi connectivity index (χ4v) is 6.73. The Morgan fingerprint density at radius 1 is 0.812 bits per heavy atom. The average molecular weight is 461 g/mol. The highest BCUT2D eigenvalue weighted by atomic mass is 35.5. The lowest BCUT2D eigenvalue weighted by Gasteiger charge is -2.40. The number of benzene rings is 2. The third kappa shape index (κ3) is 3.58. The summed E-state index contributed by atoms with van der Waals surface area (Å²) in [6, 6.07) is 22.0. The van der Waals surface area contributed by atoms with Crippen molar-refractivity contribution >= 4 is 39.0 Å². The van der Waals surface area contributed by atoms with E-state index in [9.17, 15) is 0 Å². The molecule has 4 aromatic rings. The van der Waals surface area contributed by atoms with Crippen molar-refractivity contribution in [2.24, 2.45) is 0 Å². The van der Waals surface area contributed by atoms with E-state index in [2.05, 4.69) is 75.4 Å². The van der Waals surface area contributed by atoms with Crippen molar-refractivity contribution < 1.29 is 0 Å². The average Bonchev–Trinajstić information content (AvgIpc) is 3.42. The van der Waals surface area contributed by atoms with Crippen LogP contribution < -0.4 is 4.90 Å². The standard InChI is InChI=1S/C26H25ClN4S/c27-26-28-24(22-20-12-7-13-21(20)32-25(22)29-26)31-16-14-30(15-17-31)23(18-8-3-1-4-9-18)19-10-5-2-6-11-19/h1-6,8-11,23H,7,12-17H2. The van der Waals surface area contributed by atoms with Gasteiger partial charge in [0.15, 0.2) is 0 Å². The van der Waals surface area contributed by atoms with Crippen LogP contribution in [0.25, 0.3) is 10.2 Å². The van der Waals surface area contributed by atoms with Crippen LogP contribution in [0, 0.1) is 0 Å². The molecule has 0 radical (unpaired) electrons. The predicted octanol–water partition coefficient (Wildman–Crippen LogP) is 5.75. The molecule has 2 aromatic carbocycles. The number of halogens is 1. The number of rotatable bonds is 4. The van der Waals surface area contributed by atoms with E-state index in [4.69, 9.17) is 16.6 Å². The minimum absolute atomic E-state index is 0.263. The molecule has 1 saturated heterocycles. The van der Waals surface area contributed by atoms with Crippen LogP contribution in [0.4, 0.5) is 5.82 Å². The van der Waals surface area contributed by atoms with Gasteiger partial charge >= 0.3 is 0 Å². The molecule has 0 unspecified atom stereocenters. The zero-order valence-electron chi connectivity index (χ0n) is 17.9. The molecule has 1 fully saturated rings. The van der Waals surface area contributed by atoms with Crippen molar-refractivity contribution in [1.29, 1.82) is 0 Å². The lowest BCUT2D eigenvalue weighted by atomic mass is 9.96. The van der Waals surface area contributed by atoms with E-state index in [0.29, 0.717) is 5.28 Å². The van der Waals surface area contributed by atoms with E-state index in [-0.39, 0.29) is 6.04 Å². The quantitative estimate of drug-likeness (QED) is 0.363. The largest absolute Gasteiger partial charge is 0.353 e. The SMILES string of the molecule is Clc1nc(N2CCN(C(c3ccccc3)c3ccccc3)CC2)c2c3c(sc2n1)CCC3. The van der Waals surface area contributed by atoms with Crippen molar-refractivity contribution in [3.05, 3.63) is 87.5 Å². The summed E-state index contributed by atoms with van der Waals surface area (Å²) in [5.74, 6) is 1.04. The molecular formula is C26H25ClN4S. The summed E-state index contributed by atoms with van der Waals surface area (Å²) in [6.07, 6.45) is 3.54. The van der Waals surface area contributed by atoms with Crippen molar-refractivity contribution in [2.45, 2.75) is 25.3 Å². The molecule has 3 heterocycles. The highest BCUT2D eigenvalue weighted by molar-refractivity contribution is 7.19. The maximum Gasteiger partial charge on any atom is 0.225 e. The number of aryl methyl sites for hydroxylation is 2. The first-order chi connectivity index (χ1) is 15.8. The molecule has 1 aliphatic carbocycles. The normalized spacial score (nSPS) is 16.8. The summed E-state index contributed by atoms with van der Waals surface area (Å²) in [6.45, 7) is 3.82. The van der Waals surface area contributed by atoms with Crippen molar-refractivity contribution in [2.75, 3.05) is 31.1 Å². The Hall–Kier alpha value is -2.47. The number of piperazine rings is 1. The van der Waals surface area contributed by atoms with Gasteiger partial charge in [-0.05, 0) is 47.6 Å². The Balaban J connectivity index is 1.30. The maximum atomic E-state index is 6.35. The summed E-state index contributed by atoms with van der Waals surface area (Å²) < 4.78 is 0. The van der Waals surface area contributed by atoms with E-state index in [1.807, 2.05) is 0 Å². The van der Waals surface area contributed by atoms with E-state index in [1.54, 1.807) is 11.3 Å². The summed E-state index contributed by atoms with van der Waals surface area (Å²) in [4.78, 5) is 16.8.